The van der Waals surface area contributed by atoms with Gasteiger partial charge in [0, 0.05) is 18.6 Å². The van der Waals surface area contributed by atoms with Crippen LogP contribution in [0.2, 0.25) is 0 Å². The molecule has 86 valence electrons. The van der Waals surface area contributed by atoms with E-state index < -0.39 is 0 Å². The van der Waals surface area contributed by atoms with Crippen LogP contribution in [0.3, 0.4) is 0 Å². The standard InChI is InChI=1S/C11H26N2O/c1-4-11(5-2)13(8-9-14)10(3)6-7-12/h10-11,14H,4-9,12H2,1-3H3. The largest absolute Gasteiger partial charge is 0.395 e. The number of aliphatic hydroxyl groups is 1. The molecule has 0 bridgehead atoms. The van der Waals surface area contributed by atoms with Gasteiger partial charge in [0.25, 0.3) is 0 Å². The summed E-state index contributed by atoms with van der Waals surface area (Å²) in [6.07, 6.45) is 3.30. The average Bonchev–Trinajstić information content (AvgIpc) is 2.18. The van der Waals surface area contributed by atoms with Crippen molar-refractivity contribution in [2.45, 2.75) is 52.1 Å². The molecular weight excluding hydrogens is 176 g/mol. The van der Waals surface area contributed by atoms with E-state index in [1.54, 1.807) is 0 Å². The number of aliphatic hydroxyl groups excluding tert-OH is 1. The molecule has 0 fully saturated rings. The molecule has 0 radical (unpaired) electrons. The predicted molar refractivity (Wildman–Crippen MR) is 61.3 cm³/mol. The molecule has 0 aromatic heterocycles. The molecule has 1 atom stereocenters. The van der Waals surface area contributed by atoms with Gasteiger partial charge in [0.1, 0.15) is 0 Å². The lowest BCUT2D eigenvalue weighted by molar-refractivity contribution is 0.101. The minimum absolute atomic E-state index is 0.241. The highest BCUT2D eigenvalue weighted by Gasteiger charge is 2.19. The highest BCUT2D eigenvalue weighted by Crippen LogP contribution is 2.13. The highest BCUT2D eigenvalue weighted by molar-refractivity contribution is 4.75. The maximum Gasteiger partial charge on any atom is 0.0558 e. The lowest BCUT2D eigenvalue weighted by Gasteiger charge is -2.35. The van der Waals surface area contributed by atoms with Gasteiger partial charge in [-0.2, -0.15) is 0 Å². The second kappa shape index (κ2) is 8.21. The Hall–Kier alpha value is -0.120. The molecule has 3 N–H and O–H groups in total. The van der Waals surface area contributed by atoms with Gasteiger partial charge in [-0.15, -0.1) is 0 Å². The summed E-state index contributed by atoms with van der Waals surface area (Å²) < 4.78 is 0. The van der Waals surface area contributed by atoms with E-state index in [-0.39, 0.29) is 6.61 Å². The van der Waals surface area contributed by atoms with Gasteiger partial charge in [-0.1, -0.05) is 13.8 Å². The van der Waals surface area contributed by atoms with Crippen LogP contribution in [0.25, 0.3) is 0 Å². The highest BCUT2D eigenvalue weighted by atomic mass is 16.3. The first-order valence-electron chi connectivity index (χ1n) is 5.77. The smallest absolute Gasteiger partial charge is 0.0558 e. The second-order valence-electron chi connectivity index (χ2n) is 3.86. The van der Waals surface area contributed by atoms with Crippen molar-refractivity contribution in [3.05, 3.63) is 0 Å². The fraction of sp³-hybridized carbons (Fsp3) is 1.00. The number of hydrogen-bond acceptors (Lipinski definition) is 3. The van der Waals surface area contributed by atoms with Crippen molar-refractivity contribution in [3.63, 3.8) is 0 Å². The maximum absolute atomic E-state index is 9.02. The van der Waals surface area contributed by atoms with Crippen molar-refractivity contribution in [2.75, 3.05) is 19.7 Å². The average molecular weight is 202 g/mol. The number of rotatable bonds is 8. The SMILES string of the molecule is CCC(CC)N(CCO)C(C)CCN. The Morgan fingerprint density at radius 3 is 2.21 bits per heavy atom. The van der Waals surface area contributed by atoms with Gasteiger partial charge < -0.3 is 10.8 Å². The molecule has 0 amide bonds. The first-order chi connectivity index (χ1) is 6.71. The van der Waals surface area contributed by atoms with Crippen molar-refractivity contribution >= 4 is 0 Å². The Morgan fingerprint density at radius 1 is 1.29 bits per heavy atom. The van der Waals surface area contributed by atoms with Crippen LogP contribution in [0.5, 0.6) is 0 Å². The van der Waals surface area contributed by atoms with Crippen molar-refractivity contribution in [2.24, 2.45) is 5.73 Å². The van der Waals surface area contributed by atoms with E-state index in [0.717, 1.165) is 32.4 Å². The van der Waals surface area contributed by atoms with Crippen LogP contribution in [0.15, 0.2) is 0 Å². The molecule has 0 aromatic carbocycles. The Kier molecular flexibility index (Phi) is 8.14. The van der Waals surface area contributed by atoms with Crippen LogP contribution in [-0.2, 0) is 0 Å². The van der Waals surface area contributed by atoms with Crippen molar-refractivity contribution in [1.82, 2.24) is 4.90 Å². The van der Waals surface area contributed by atoms with Crippen LogP contribution in [-0.4, -0.2) is 41.8 Å². The molecule has 0 rings (SSSR count). The zero-order valence-electron chi connectivity index (χ0n) is 9.87. The van der Waals surface area contributed by atoms with Gasteiger partial charge in [0.05, 0.1) is 6.61 Å². The maximum atomic E-state index is 9.02. The molecule has 0 saturated heterocycles. The van der Waals surface area contributed by atoms with E-state index in [1.165, 1.54) is 0 Å². The topological polar surface area (TPSA) is 49.5 Å². The summed E-state index contributed by atoms with van der Waals surface area (Å²) in [5.41, 5.74) is 5.56. The molecule has 0 aliphatic carbocycles. The molecule has 1 unspecified atom stereocenters. The Morgan fingerprint density at radius 2 is 1.86 bits per heavy atom. The fourth-order valence-electron chi connectivity index (χ4n) is 2.04. The van der Waals surface area contributed by atoms with Crippen LogP contribution in [0.4, 0.5) is 0 Å². The van der Waals surface area contributed by atoms with Gasteiger partial charge in [-0.3, -0.25) is 4.90 Å². The molecular formula is C11H26N2O. The number of hydrogen-bond donors (Lipinski definition) is 2. The van der Waals surface area contributed by atoms with Crippen LogP contribution >= 0.6 is 0 Å². The summed E-state index contributed by atoms with van der Waals surface area (Å²) in [6.45, 7) is 8.34. The van der Waals surface area contributed by atoms with Crippen molar-refractivity contribution in [3.8, 4) is 0 Å². The third kappa shape index (κ3) is 4.40. The van der Waals surface area contributed by atoms with Crippen LogP contribution in [0, 0.1) is 0 Å². The Balaban J connectivity index is 4.23. The third-order valence-corrected chi connectivity index (χ3v) is 2.92. The van der Waals surface area contributed by atoms with E-state index in [9.17, 15) is 0 Å². The Labute approximate surface area is 88.3 Å². The van der Waals surface area contributed by atoms with E-state index >= 15 is 0 Å². The Bertz CT molecular complexity index is 126. The second-order valence-corrected chi connectivity index (χ2v) is 3.86. The number of nitrogens with zero attached hydrogens (tertiary/aromatic N) is 1. The number of nitrogens with two attached hydrogens (primary N) is 1. The molecule has 0 aliphatic heterocycles. The van der Waals surface area contributed by atoms with Gasteiger partial charge in [-0.25, -0.2) is 0 Å². The first kappa shape index (κ1) is 13.9. The first-order valence-corrected chi connectivity index (χ1v) is 5.77. The van der Waals surface area contributed by atoms with E-state index in [2.05, 4.69) is 25.7 Å². The molecule has 3 heteroatoms. The van der Waals surface area contributed by atoms with Crippen molar-refractivity contribution in [1.29, 1.82) is 0 Å². The molecule has 0 saturated carbocycles. The van der Waals surface area contributed by atoms with Crippen LogP contribution in [0.1, 0.15) is 40.0 Å². The van der Waals surface area contributed by atoms with Crippen molar-refractivity contribution < 1.29 is 5.11 Å². The summed E-state index contributed by atoms with van der Waals surface area (Å²) in [7, 11) is 0. The molecule has 0 aliphatic rings. The lowest BCUT2D eigenvalue weighted by atomic mass is 10.1. The lowest BCUT2D eigenvalue weighted by Crippen LogP contribution is -2.43. The molecule has 0 aromatic rings. The predicted octanol–water partition coefficient (Wildman–Crippen LogP) is 1.21. The minimum atomic E-state index is 0.241. The zero-order chi connectivity index (χ0) is 11.0. The normalized spacial score (nSPS) is 13.9. The summed E-state index contributed by atoms with van der Waals surface area (Å²) in [5, 5.41) is 9.02. The minimum Gasteiger partial charge on any atom is -0.395 e. The zero-order valence-corrected chi connectivity index (χ0v) is 9.87. The van der Waals surface area contributed by atoms with Gasteiger partial charge >= 0.3 is 0 Å². The third-order valence-electron chi connectivity index (χ3n) is 2.92. The monoisotopic (exact) mass is 202 g/mol. The fourth-order valence-corrected chi connectivity index (χ4v) is 2.04. The molecule has 3 nitrogen and oxygen atoms in total. The van der Waals surface area contributed by atoms with Gasteiger partial charge in [0.15, 0.2) is 0 Å². The molecule has 14 heavy (non-hydrogen) atoms. The molecule has 0 spiro atoms. The van der Waals surface area contributed by atoms with E-state index in [0.29, 0.717) is 12.1 Å². The molecule has 0 heterocycles. The van der Waals surface area contributed by atoms with Crippen LogP contribution < -0.4 is 5.73 Å². The van der Waals surface area contributed by atoms with E-state index in [1.807, 2.05) is 0 Å². The van der Waals surface area contributed by atoms with Gasteiger partial charge in [-0.05, 0) is 32.7 Å². The summed E-state index contributed by atoms with van der Waals surface area (Å²) in [5.74, 6) is 0. The summed E-state index contributed by atoms with van der Waals surface area (Å²) in [4.78, 5) is 2.38. The summed E-state index contributed by atoms with van der Waals surface area (Å²) in [6, 6.07) is 1.07. The van der Waals surface area contributed by atoms with Gasteiger partial charge in [0.2, 0.25) is 0 Å². The quantitative estimate of drug-likeness (QED) is 0.622. The van der Waals surface area contributed by atoms with E-state index in [4.69, 9.17) is 10.8 Å². The summed E-state index contributed by atoms with van der Waals surface area (Å²) >= 11 is 0.